The number of carbonyl (C=O) groups excluding carboxylic acids is 4. The number of nitrogens with one attached hydrogen (secondary N) is 7. The zero-order valence-electron chi connectivity index (χ0n) is 72.5. The largest absolute Gasteiger partial charge is 0.495 e. The van der Waals surface area contributed by atoms with Crippen LogP contribution in [0.2, 0.25) is 0 Å². The zero-order valence-corrected chi connectivity index (χ0v) is 73.3. The van der Waals surface area contributed by atoms with Crippen molar-refractivity contribution in [3.05, 3.63) is 268 Å². The topological polar surface area (TPSA) is 410 Å². The highest BCUT2D eigenvalue weighted by atomic mass is 32.2. The van der Waals surface area contributed by atoms with E-state index in [4.69, 9.17) is 46.7 Å². The second-order valence-electron chi connectivity index (χ2n) is 30.8. The minimum Gasteiger partial charge on any atom is -0.495 e. The summed E-state index contributed by atoms with van der Waals surface area (Å²) in [6.45, 7) is 23.3. The molecule has 2 fully saturated rings. The summed E-state index contributed by atoms with van der Waals surface area (Å²) < 4.78 is 119. The molecular formula is C93H101F3N14O18S. The zero-order chi connectivity index (χ0) is 92.0. The van der Waals surface area contributed by atoms with Crippen LogP contribution < -0.4 is 30.2 Å². The molecule has 678 valence electrons. The summed E-state index contributed by atoms with van der Waals surface area (Å²) in [6, 6.07) is 38.6. The van der Waals surface area contributed by atoms with E-state index in [0.29, 0.717) is 137 Å². The van der Waals surface area contributed by atoms with Gasteiger partial charge < -0.3 is 67.5 Å². The number of oxazole rings is 2. The number of carbonyl (C=O) groups is 5. The molecule has 15 rings (SSSR count). The first-order valence-corrected chi connectivity index (χ1v) is 42.6. The maximum absolute atomic E-state index is 13.2. The molecule has 2 saturated heterocycles. The second-order valence-corrected chi connectivity index (χ2v) is 32.9. The number of amides is 3. The summed E-state index contributed by atoms with van der Waals surface area (Å²) in [4.78, 5) is 75.6. The van der Waals surface area contributed by atoms with Crippen LogP contribution >= 0.6 is 0 Å². The number of methoxy groups -OCH3 is 1. The van der Waals surface area contributed by atoms with E-state index in [9.17, 15) is 50.7 Å². The standard InChI is InChI=1S/C24H26FN3O4.C22H19FN4O2.C22H22FN3O4.C16H20N2O5S.C9H14N2O3/c1-2-31-24(29)19-8-10-21-22(23(19)32-16-13-28-11-14-30-15-12-28)20(26-27-21)9-5-17-3-6-18(25)7-4-17;1-29-21-17(22(28)25-13-16-3-2-12-24-16)9-11-19-20(21)18(26-27-19)10-6-14-4-7-15(23)8-5-14;23-16-4-1-15(2-5-16)3-7-18-20-19(25-24-18)8-6-17(22(27)28)21(20)30-14-11-26-9-12-29-13-10-26;1-11-5-7-12(8-6-11)24(20,21)14(13-17-9-10-22-13)18-15(19)23-16(2,3)4;1-9(2,3)14-8(12)11-6-7-10-4-5-13-7/h3-10H,2,11-16H2,1H3,(H,26,27);2-12,24H,13H2,1H3,(H,25,28)(H,26,27);1-8H,9-14H2,(H,24,25)(H,27,28);5-10,14H,1-4H3,(H,18,19);4-5H,6H2,1-3H3,(H,11,12)/b9-5+;10-6+;7-3+;;. The molecular weight excluding hydrogens is 1690 g/mol. The number of hydrogen-bond donors (Lipinski definition) is 8. The molecule has 32 nitrogen and oxygen atoms in total. The number of alkyl carbamates (subject to hydrolysis) is 2. The maximum atomic E-state index is 13.2. The van der Waals surface area contributed by atoms with Gasteiger partial charge in [0.2, 0.25) is 27.0 Å². The number of aromatic carboxylic acids is 1. The molecule has 13 aromatic rings. The molecule has 0 aliphatic carbocycles. The van der Waals surface area contributed by atoms with Crippen molar-refractivity contribution in [2.75, 3.05) is 92.6 Å². The molecule has 0 saturated carbocycles. The first-order chi connectivity index (χ1) is 62.0. The van der Waals surface area contributed by atoms with Crippen molar-refractivity contribution in [3.63, 3.8) is 0 Å². The molecule has 36 heteroatoms. The number of aromatic nitrogens is 9. The SMILES string of the molecule is CC(C)(C)OC(=O)NCc1ncco1.CCOC(=O)c1ccc2n[nH]c(/C=C/c3ccc(F)cc3)c2c1OCCN1CCOCC1.COc1c(C(=O)NCc2ccc[nH]2)ccc2n[nH]c(/C=C/c3ccc(F)cc3)c12.Cc1ccc(S(=O)(=O)C(NC(=O)OC(C)(C)C)c2ncco2)cc1.O=C(O)c1ccc2n[nH]c(/C=C/c3ccc(F)cc3)c2c1OCCN1CCOCC1. The molecule has 8 N–H and O–H groups in total. The number of aromatic amines is 4. The van der Waals surface area contributed by atoms with E-state index in [1.165, 1.54) is 86.6 Å². The van der Waals surface area contributed by atoms with E-state index in [1.807, 2.05) is 43.4 Å². The fourth-order valence-corrected chi connectivity index (χ4v) is 14.2. The number of hydrogen-bond acceptors (Lipinski definition) is 24. The van der Waals surface area contributed by atoms with Gasteiger partial charge in [-0.3, -0.25) is 35.2 Å². The van der Waals surface area contributed by atoms with Gasteiger partial charge in [-0.2, -0.15) is 15.3 Å². The Kier molecular flexibility index (Phi) is 33.9. The van der Waals surface area contributed by atoms with Crippen molar-refractivity contribution in [2.45, 2.75) is 90.0 Å². The van der Waals surface area contributed by atoms with Gasteiger partial charge in [0.15, 0.2) is 0 Å². The third kappa shape index (κ3) is 28.1. The van der Waals surface area contributed by atoms with Gasteiger partial charge in [-0.05, 0) is 187 Å². The second kappa shape index (κ2) is 45.8. The van der Waals surface area contributed by atoms with Gasteiger partial charge in [-0.25, -0.2) is 50.7 Å². The number of ether oxygens (including phenoxy) is 8. The lowest BCUT2D eigenvalue weighted by Gasteiger charge is -2.26. The summed E-state index contributed by atoms with van der Waals surface area (Å²) in [6.07, 6.45) is 16.9. The first kappa shape index (κ1) is 95.5. The van der Waals surface area contributed by atoms with Gasteiger partial charge in [0.25, 0.3) is 5.91 Å². The van der Waals surface area contributed by atoms with Crippen molar-refractivity contribution in [1.82, 2.24) is 71.3 Å². The number of morpholine rings is 2. The van der Waals surface area contributed by atoms with Crippen LogP contribution in [0.5, 0.6) is 17.2 Å². The van der Waals surface area contributed by atoms with Gasteiger partial charge in [0.1, 0.15) is 82.8 Å². The molecule has 1 unspecified atom stereocenters. The predicted octanol–water partition coefficient (Wildman–Crippen LogP) is 15.9. The molecule has 0 bridgehead atoms. The normalized spacial score (nSPS) is 13.4. The Balaban J connectivity index is 0.000000159. The van der Waals surface area contributed by atoms with E-state index in [2.05, 4.69) is 71.3 Å². The number of nitrogens with zero attached hydrogens (tertiary/aromatic N) is 7. The van der Waals surface area contributed by atoms with Crippen molar-refractivity contribution < 1.29 is 97.4 Å². The number of rotatable bonds is 27. The molecule has 6 aromatic heterocycles. The van der Waals surface area contributed by atoms with Gasteiger partial charge in [0, 0.05) is 51.2 Å². The number of carboxylic acids is 1. The smallest absolute Gasteiger partial charge is 0.409 e. The lowest BCUT2D eigenvalue weighted by Crippen LogP contribution is -2.38. The Morgan fingerprint density at radius 1 is 0.550 bits per heavy atom. The van der Waals surface area contributed by atoms with Crippen LogP contribution in [0.15, 0.2) is 190 Å². The number of H-pyrrole nitrogens is 4. The third-order valence-electron chi connectivity index (χ3n) is 19.1. The highest BCUT2D eigenvalue weighted by Gasteiger charge is 2.36. The number of sulfone groups is 1. The Hall–Kier alpha value is -14.2. The number of fused-ring (bicyclic) bond motifs is 3. The third-order valence-corrected chi connectivity index (χ3v) is 21.0. The van der Waals surface area contributed by atoms with E-state index < -0.39 is 50.5 Å². The number of halogens is 3. The average molecular weight is 1790 g/mol. The highest BCUT2D eigenvalue weighted by Crippen LogP contribution is 2.37. The van der Waals surface area contributed by atoms with Crippen molar-refractivity contribution in [3.8, 4) is 17.2 Å². The van der Waals surface area contributed by atoms with E-state index >= 15 is 0 Å². The quantitative estimate of drug-likeness (QED) is 0.0175. The van der Waals surface area contributed by atoms with Gasteiger partial charge in [0.05, 0.1) is 126 Å². The van der Waals surface area contributed by atoms with Gasteiger partial charge in [-0.1, -0.05) is 72.3 Å². The monoisotopic (exact) mass is 1790 g/mol. The molecule has 0 radical (unpaired) electrons. The van der Waals surface area contributed by atoms with E-state index in [0.717, 1.165) is 60.7 Å². The van der Waals surface area contributed by atoms with Crippen molar-refractivity contribution in [2.24, 2.45) is 0 Å². The summed E-state index contributed by atoms with van der Waals surface area (Å²) in [7, 11) is -2.43. The fraction of sp³-hybridized carbons (Fsp3) is 0.290. The molecule has 0 spiro atoms. The lowest BCUT2D eigenvalue weighted by atomic mass is 10.1. The summed E-state index contributed by atoms with van der Waals surface area (Å²) in [5.41, 5.74) is 7.91. The highest BCUT2D eigenvalue weighted by molar-refractivity contribution is 7.91. The fourth-order valence-electron chi connectivity index (χ4n) is 12.8. The van der Waals surface area contributed by atoms with Crippen molar-refractivity contribution >= 4 is 109 Å². The molecule has 2 aliphatic heterocycles. The van der Waals surface area contributed by atoms with Crippen LogP contribution in [0, 0.1) is 24.4 Å². The van der Waals surface area contributed by atoms with Crippen LogP contribution in [-0.2, 0) is 46.6 Å². The Labute approximate surface area is 741 Å². The summed E-state index contributed by atoms with van der Waals surface area (Å²) in [5.74, 6) is -1.12. The molecule has 1 atom stereocenters. The number of esters is 1. The number of carboxylic acid groups (broad SMARTS) is 1. The maximum Gasteiger partial charge on any atom is 0.409 e. The summed E-state index contributed by atoms with van der Waals surface area (Å²) >= 11 is 0. The summed E-state index contributed by atoms with van der Waals surface area (Å²) in [5, 5.41) is 39.7. The van der Waals surface area contributed by atoms with Gasteiger partial charge in [-0.15, -0.1) is 0 Å². The minimum absolute atomic E-state index is 0.0485. The van der Waals surface area contributed by atoms with Crippen LogP contribution in [0.1, 0.15) is 142 Å². The average Bonchev–Trinajstić information content (AvgIpc) is 1.68. The van der Waals surface area contributed by atoms with Crippen LogP contribution in [0.4, 0.5) is 22.8 Å². The molecule has 8 heterocycles. The van der Waals surface area contributed by atoms with Crippen LogP contribution in [0.3, 0.4) is 0 Å². The Morgan fingerprint density at radius 2 is 1.01 bits per heavy atom. The Bertz CT molecular complexity index is 6040. The van der Waals surface area contributed by atoms with Crippen LogP contribution in [0.25, 0.3) is 69.2 Å². The molecule has 7 aromatic carbocycles. The van der Waals surface area contributed by atoms with Crippen molar-refractivity contribution in [1.29, 1.82) is 0 Å². The molecule has 129 heavy (non-hydrogen) atoms. The Morgan fingerprint density at radius 3 is 1.44 bits per heavy atom. The van der Waals surface area contributed by atoms with Crippen LogP contribution in [-0.4, -0.2) is 203 Å². The number of aryl methyl sites for hydroxylation is 1. The van der Waals surface area contributed by atoms with Gasteiger partial charge >= 0.3 is 24.1 Å². The first-order valence-electron chi connectivity index (χ1n) is 41.1. The lowest BCUT2D eigenvalue weighted by molar-refractivity contribution is 0.0320. The van der Waals surface area contributed by atoms with E-state index in [-0.39, 0.29) is 52.9 Å². The molecule has 3 amide bonds. The number of benzene rings is 7. The predicted molar refractivity (Wildman–Crippen MR) is 478 cm³/mol. The minimum atomic E-state index is -3.96. The van der Waals surface area contributed by atoms with E-state index in [1.54, 1.807) is 146 Å². The molecule has 2 aliphatic rings.